The van der Waals surface area contributed by atoms with E-state index in [2.05, 4.69) is 35.2 Å². The van der Waals surface area contributed by atoms with E-state index in [1.165, 1.54) is 25.0 Å². The van der Waals surface area contributed by atoms with Crippen LogP contribution in [-0.4, -0.2) is 33.1 Å². The maximum Gasteiger partial charge on any atom is 0.0951 e. The second kappa shape index (κ2) is 5.85. The fourth-order valence-corrected chi connectivity index (χ4v) is 2.94. The van der Waals surface area contributed by atoms with Crippen LogP contribution in [0.5, 0.6) is 0 Å². The van der Waals surface area contributed by atoms with Gasteiger partial charge in [0.25, 0.3) is 0 Å². The Morgan fingerprint density at radius 1 is 1.39 bits per heavy atom. The van der Waals surface area contributed by atoms with E-state index in [9.17, 15) is 0 Å². The Kier molecular flexibility index (Phi) is 4.40. The highest BCUT2D eigenvalue weighted by Crippen LogP contribution is 2.22. The van der Waals surface area contributed by atoms with Crippen LogP contribution in [0.15, 0.2) is 12.5 Å². The van der Waals surface area contributed by atoms with Crippen molar-refractivity contribution in [2.24, 2.45) is 5.73 Å². The third-order valence-corrected chi connectivity index (χ3v) is 3.94. The molecule has 2 heterocycles. The van der Waals surface area contributed by atoms with E-state index >= 15 is 0 Å². The van der Waals surface area contributed by atoms with Crippen molar-refractivity contribution in [3.8, 4) is 0 Å². The first-order valence-electron chi connectivity index (χ1n) is 7.10. The molecule has 102 valence electrons. The molecule has 0 bridgehead atoms. The molecule has 1 aliphatic rings. The number of piperidine rings is 1. The first kappa shape index (κ1) is 13.6. The summed E-state index contributed by atoms with van der Waals surface area (Å²) in [7, 11) is 0. The molecule has 2 atom stereocenters. The van der Waals surface area contributed by atoms with E-state index in [0.29, 0.717) is 12.1 Å². The SMILES string of the molecule is CC(N)C1CCCCN1Cc1cncn1C(C)C. The summed E-state index contributed by atoms with van der Waals surface area (Å²) in [6.45, 7) is 8.66. The van der Waals surface area contributed by atoms with Crippen molar-refractivity contribution < 1.29 is 0 Å². The summed E-state index contributed by atoms with van der Waals surface area (Å²) < 4.78 is 2.26. The van der Waals surface area contributed by atoms with E-state index in [-0.39, 0.29) is 6.04 Å². The lowest BCUT2D eigenvalue weighted by Gasteiger charge is -2.38. The topological polar surface area (TPSA) is 47.1 Å². The molecule has 0 aliphatic carbocycles. The zero-order valence-corrected chi connectivity index (χ0v) is 11.8. The van der Waals surface area contributed by atoms with Gasteiger partial charge in [-0.1, -0.05) is 6.42 Å². The lowest BCUT2D eigenvalue weighted by molar-refractivity contribution is 0.119. The maximum absolute atomic E-state index is 6.12. The number of aromatic nitrogens is 2. The molecule has 0 amide bonds. The van der Waals surface area contributed by atoms with Gasteiger partial charge in [0, 0.05) is 30.9 Å². The largest absolute Gasteiger partial charge is 0.331 e. The van der Waals surface area contributed by atoms with Crippen LogP contribution in [-0.2, 0) is 6.54 Å². The average Bonchev–Trinajstić information content (AvgIpc) is 2.77. The van der Waals surface area contributed by atoms with Crippen molar-refractivity contribution in [1.82, 2.24) is 14.5 Å². The van der Waals surface area contributed by atoms with Crippen LogP contribution >= 0.6 is 0 Å². The molecule has 0 spiro atoms. The molecular formula is C14H26N4. The molecule has 1 aromatic rings. The van der Waals surface area contributed by atoms with Crippen molar-refractivity contribution in [3.63, 3.8) is 0 Å². The van der Waals surface area contributed by atoms with E-state index < -0.39 is 0 Å². The Bertz CT molecular complexity index is 370. The summed E-state index contributed by atoms with van der Waals surface area (Å²) in [6, 6.07) is 1.25. The molecule has 1 aliphatic heterocycles. The minimum atomic E-state index is 0.251. The molecule has 18 heavy (non-hydrogen) atoms. The molecule has 1 fully saturated rings. The number of nitrogens with two attached hydrogens (primary N) is 1. The molecule has 1 aromatic heterocycles. The summed E-state index contributed by atoms with van der Waals surface area (Å²) in [5.74, 6) is 0. The van der Waals surface area contributed by atoms with Gasteiger partial charge in [-0.05, 0) is 40.2 Å². The first-order chi connectivity index (χ1) is 8.59. The van der Waals surface area contributed by atoms with Gasteiger partial charge in [-0.3, -0.25) is 4.90 Å². The molecule has 1 saturated heterocycles. The Hall–Kier alpha value is -0.870. The third kappa shape index (κ3) is 2.93. The molecule has 0 saturated carbocycles. The molecule has 4 nitrogen and oxygen atoms in total. The standard InChI is InChI=1S/C14H26N4/c1-11(2)18-10-16-8-13(18)9-17-7-5-4-6-14(17)12(3)15/h8,10-12,14H,4-7,9,15H2,1-3H3. The second-order valence-corrected chi connectivity index (χ2v) is 5.78. The minimum absolute atomic E-state index is 0.251. The normalized spacial score (nSPS) is 23.5. The third-order valence-electron chi connectivity index (χ3n) is 3.94. The van der Waals surface area contributed by atoms with Crippen molar-refractivity contribution >= 4 is 0 Å². The molecule has 4 heteroatoms. The van der Waals surface area contributed by atoms with E-state index in [0.717, 1.165) is 13.1 Å². The Labute approximate surface area is 110 Å². The molecule has 2 N–H and O–H groups in total. The van der Waals surface area contributed by atoms with Gasteiger partial charge in [-0.25, -0.2) is 4.98 Å². The zero-order valence-electron chi connectivity index (χ0n) is 11.8. The Balaban J connectivity index is 2.08. The van der Waals surface area contributed by atoms with Gasteiger partial charge in [0.15, 0.2) is 0 Å². The molecule has 2 rings (SSSR count). The number of likely N-dealkylation sites (tertiary alicyclic amines) is 1. The van der Waals surface area contributed by atoms with E-state index in [4.69, 9.17) is 5.73 Å². The summed E-state index contributed by atoms with van der Waals surface area (Å²) >= 11 is 0. The maximum atomic E-state index is 6.12. The molecule has 0 aromatic carbocycles. The van der Waals surface area contributed by atoms with E-state index in [1.54, 1.807) is 0 Å². The van der Waals surface area contributed by atoms with Crippen LogP contribution < -0.4 is 5.73 Å². The number of rotatable bonds is 4. The van der Waals surface area contributed by atoms with Crippen LogP contribution in [0, 0.1) is 0 Å². The summed E-state index contributed by atoms with van der Waals surface area (Å²) in [4.78, 5) is 6.82. The number of imidazole rings is 1. The van der Waals surface area contributed by atoms with Crippen molar-refractivity contribution in [2.45, 2.75) is 64.7 Å². The van der Waals surface area contributed by atoms with Crippen LogP contribution in [0.4, 0.5) is 0 Å². The Morgan fingerprint density at radius 3 is 2.83 bits per heavy atom. The fourth-order valence-electron chi connectivity index (χ4n) is 2.94. The van der Waals surface area contributed by atoms with E-state index in [1.807, 2.05) is 12.5 Å². The van der Waals surface area contributed by atoms with Gasteiger partial charge in [-0.15, -0.1) is 0 Å². The second-order valence-electron chi connectivity index (χ2n) is 5.78. The average molecular weight is 250 g/mol. The highest BCUT2D eigenvalue weighted by Gasteiger charge is 2.26. The smallest absolute Gasteiger partial charge is 0.0951 e. The highest BCUT2D eigenvalue weighted by atomic mass is 15.2. The van der Waals surface area contributed by atoms with Gasteiger partial charge < -0.3 is 10.3 Å². The van der Waals surface area contributed by atoms with Crippen molar-refractivity contribution in [3.05, 3.63) is 18.2 Å². The lowest BCUT2D eigenvalue weighted by atomic mass is 9.97. The van der Waals surface area contributed by atoms with Gasteiger partial charge >= 0.3 is 0 Å². The molecule has 2 unspecified atom stereocenters. The van der Waals surface area contributed by atoms with Crippen molar-refractivity contribution in [1.29, 1.82) is 0 Å². The molecule has 0 radical (unpaired) electrons. The first-order valence-corrected chi connectivity index (χ1v) is 7.10. The van der Waals surface area contributed by atoms with Crippen LogP contribution in [0.25, 0.3) is 0 Å². The predicted octanol–water partition coefficient (Wildman–Crippen LogP) is 2.17. The highest BCUT2D eigenvalue weighted by molar-refractivity contribution is 5.01. The van der Waals surface area contributed by atoms with Crippen molar-refractivity contribution in [2.75, 3.05) is 6.54 Å². The zero-order chi connectivity index (χ0) is 13.1. The van der Waals surface area contributed by atoms with Gasteiger partial charge in [0.1, 0.15) is 0 Å². The minimum Gasteiger partial charge on any atom is -0.331 e. The van der Waals surface area contributed by atoms with Crippen LogP contribution in [0.1, 0.15) is 51.8 Å². The summed E-state index contributed by atoms with van der Waals surface area (Å²) in [5, 5.41) is 0. The predicted molar refractivity (Wildman–Crippen MR) is 74.3 cm³/mol. The monoisotopic (exact) mass is 250 g/mol. The number of nitrogens with zero attached hydrogens (tertiary/aromatic N) is 3. The number of hydrogen-bond donors (Lipinski definition) is 1. The summed E-state index contributed by atoms with van der Waals surface area (Å²) in [6.07, 6.45) is 7.76. The lowest BCUT2D eigenvalue weighted by Crippen LogP contribution is -2.48. The van der Waals surface area contributed by atoms with Gasteiger partial charge in [0.05, 0.1) is 12.0 Å². The molecular weight excluding hydrogens is 224 g/mol. The van der Waals surface area contributed by atoms with Crippen LogP contribution in [0.3, 0.4) is 0 Å². The fraction of sp³-hybridized carbons (Fsp3) is 0.786. The number of hydrogen-bond acceptors (Lipinski definition) is 3. The quantitative estimate of drug-likeness (QED) is 0.891. The Morgan fingerprint density at radius 2 is 2.17 bits per heavy atom. The van der Waals surface area contributed by atoms with Gasteiger partial charge in [0.2, 0.25) is 0 Å². The van der Waals surface area contributed by atoms with Crippen LogP contribution in [0.2, 0.25) is 0 Å². The summed E-state index contributed by atoms with van der Waals surface area (Å²) in [5.41, 5.74) is 7.42. The van der Waals surface area contributed by atoms with Gasteiger partial charge in [-0.2, -0.15) is 0 Å².